The van der Waals surface area contributed by atoms with Crippen LogP contribution < -0.4 is 16.1 Å². The van der Waals surface area contributed by atoms with Gasteiger partial charge in [0.25, 0.3) is 5.91 Å². The van der Waals surface area contributed by atoms with Gasteiger partial charge in [0.15, 0.2) is 5.11 Å². The summed E-state index contributed by atoms with van der Waals surface area (Å²) < 4.78 is 0. The molecule has 5 rings (SSSR count). The highest BCUT2D eigenvalue weighted by Gasteiger charge is 2.51. The molecule has 1 aromatic rings. The molecule has 7 heteroatoms. The molecule has 2 amide bonds. The second-order valence-electron chi connectivity index (χ2n) is 9.61. The molecular weight excluding hydrogens is 396 g/mol. The van der Waals surface area contributed by atoms with Crippen LogP contribution in [0.15, 0.2) is 30.3 Å². The third kappa shape index (κ3) is 5.12. The Morgan fingerprint density at radius 2 is 1.60 bits per heavy atom. The lowest BCUT2D eigenvalue weighted by molar-refractivity contribution is -0.132. The van der Waals surface area contributed by atoms with Crippen molar-refractivity contribution < 1.29 is 9.59 Å². The fraction of sp³-hybridized carbons (Fsp3) is 0.609. The molecule has 0 unspecified atom stereocenters. The van der Waals surface area contributed by atoms with Gasteiger partial charge in [0.1, 0.15) is 0 Å². The molecule has 6 nitrogen and oxygen atoms in total. The minimum Gasteiger partial charge on any atom is -0.357 e. The van der Waals surface area contributed by atoms with Crippen molar-refractivity contribution >= 4 is 29.1 Å². The highest BCUT2D eigenvalue weighted by Crippen LogP contribution is 2.61. The molecular formula is C23H32N4O2S. The number of hydrogen-bond acceptors (Lipinski definition) is 3. The summed E-state index contributed by atoms with van der Waals surface area (Å²) >= 11 is 5.31. The van der Waals surface area contributed by atoms with E-state index in [1.54, 1.807) is 7.05 Å². The first-order valence-corrected chi connectivity index (χ1v) is 11.4. The van der Waals surface area contributed by atoms with Gasteiger partial charge in [-0.2, -0.15) is 0 Å². The Hall–Kier alpha value is -2.15. The van der Waals surface area contributed by atoms with Crippen LogP contribution in [0.3, 0.4) is 0 Å². The molecule has 1 aromatic carbocycles. The largest absolute Gasteiger partial charge is 0.357 e. The van der Waals surface area contributed by atoms with E-state index in [9.17, 15) is 9.59 Å². The van der Waals surface area contributed by atoms with Gasteiger partial charge in [-0.25, -0.2) is 0 Å². The number of nitrogens with one attached hydrogen (secondary N) is 3. The van der Waals surface area contributed by atoms with Crippen molar-refractivity contribution in [3.8, 4) is 0 Å². The van der Waals surface area contributed by atoms with Crippen LogP contribution in [-0.4, -0.2) is 35.5 Å². The molecule has 0 aromatic heterocycles. The van der Waals surface area contributed by atoms with Crippen LogP contribution >= 0.6 is 12.2 Å². The number of amides is 2. The average molecular weight is 429 g/mol. The molecule has 0 atom stereocenters. The van der Waals surface area contributed by atoms with Crippen LogP contribution in [0.4, 0.5) is 0 Å². The van der Waals surface area contributed by atoms with Gasteiger partial charge in [-0.3, -0.25) is 20.0 Å². The Balaban J connectivity index is 1.17. The molecule has 4 fully saturated rings. The SMILES string of the molecule is CN(NC(=O)CNC(=O)CC12CC3CC(CC(C3)C1)C2)C(=S)NCc1ccccc1. The molecule has 4 aliphatic carbocycles. The van der Waals surface area contributed by atoms with Crippen LogP contribution in [0, 0.1) is 23.2 Å². The maximum Gasteiger partial charge on any atom is 0.257 e. The maximum absolute atomic E-state index is 12.6. The van der Waals surface area contributed by atoms with E-state index in [2.05, 4.69) is 16.1 Å². The van der Waals surface area contributed by atoms with Gasteiger partial charge < -0.3 is 10.6 Å². The van der Waals surface area contributed by atoms with Gasteiger partial charge in [-0.15, -0.1) is 0 Å². The first kappa shape index (κ1) is 21.1. The molecule has 4 saturated carbocycles. The van der Waals surface area contributed by atoms with Crippen molar-refractivity contribution in [1.29, 1.82) is 0 Å². The fourth-order valence-corrected chi connectivity index (χ4v) is 6.38. The van der Waals surface area contributed by atoms with Gasteiger partial charge in [0.05, 0.1) is 6.54 Å². The maximum atomic E-state index is 12.6. The van der Waals surface area contributed by atoms with Gasteiger partial charge in [-0.1, -0.05) is 30.3 Å². The number of carbonyl (C=O) groups is 2. The number of thiocarbonyl (C=S) groups is 1. The number of rotatable bonds is 6. The Bertz CT molecular complexity index is 762. The molecule has 0 spiro atoms. The topological polar surface area (TPSA) is 73.5 Å². The highest BCUT2D eigenvalue weighted by molar-refractivity contribution is 7.80. The predicted molar refractivity (Wildman–Crippen MR) is 120 cm³/mol. The minimum absolute atomic E-state index is 0.000433. The molecule has 0 aliphatic heterocycles. The number of hydrazine groups is 1. The lowest BCUT2D eigenvalue weighted by Gasteiger charge is -2.56. The third-order valence-electron chi connectivity index (χ3n) is 7.03. The zero-order valence-electron chi connectivity index (χ0n) is 17.7. The molecule has 4 aliphatic rings. The Labute approximate surface area is 184 Å². The van der Waals surface area contributed by atoms with Gasteiger partial charge in [-0.05, 0) is 79.5 Å². The number of nitrogens with zero attached hydrogens (tertiary/aromatic N) is 1. The molecule has 3 N–H and O–H groups in total. The van der Waals surface area contributed by atoms with E-state index >= 15 is 0 Å². The zero-order chi connectivity index (χ0) is 21.1. The second-order valence-corrected chi connectivity index (χ2v) is 10.00. The molecule has 0 heterocycles. The quantitative estimate of drug-likeness (QED) is 0.480. The molecule has 0 saturated heterocycles. The average Bonchev–Trinajstić information content (AvgIpc) is 2.70. The molecule has 0 radical (unpaired) electrons. The van der Waals surface area contributed by atoms with E-state index in [1.807, 2.05) is 30.3 Å². The summed E-state index contributed by atoms with van der Waals surface area (Å²) in [5.74, 6) is 2.20. The van der Waals surface area contributed by atoms with Crippen molar-refractivity contribution in [1.82, 2.24) is 21.1 Å². The van der Waals surface area contributed by atoms with Gasteiger partial charge >= 0.3 is 0 Å². The normalized spacial score (nSPS) is 28.6. The monoisotopic (exact) mass is 428 g/mol. The van der Waals surface area contributed by atoms with E-state index in [4.69, 9.17) is 12.2 Å². The molecule has 30 heavy (non-hydrogen) atoms. The summed E-state index contributed by atoms with van der Waals surface area (Å²) in [4.78, 5) is 24.8. The van der Waals surface area contributed by atoms with Crippen LogP contribution in [-0.2, 0) is 16.1 Å². The van der Waals surface area contributed by atoms with Crippen molar-refractivity contribution in [3.05, 3.63) is 35.9 Å². The predicted octanol–water partition coefficient (Wildman–Crippen LogP) is 2.75. The minimum atomic E-state index is -0.278. The number of benzene rings is 1. The smallest absolute Gasteiger partial charge is 0.257 e. The van der Waals surface area contributed by atoms with Crippen molar-refractivity contribution in [3.63, 3.8) is 0 Å². The van der Waals surface area contributed by atoms with E-state index in [0.717, 1.165) is 23.3 Å². The van der Waals surface area contributed by atoms with E-state index < -0.39 is 0 Å². The van der Waals surface area contributed by atoms with E-state index in [-0.39, 0.29) is 23.8 Å². The van der Waals surface area contributed by atoms with Crippen molar-refractivity contribution in [2.45, 2.75) is 51.5 Å². The Kier molecular flexibility index (Phi) is 6.27. The van der Waals surface area contributed by atoms with E-state index in [0.29, 0.717) is 18.1 Å². The van der Waals surface area contributed by atoms with Crippen molar-refractivity contribution in [2.75, 3.05) is 13.6 Å². The lowest BCUT2D eigenvalue weighted by atomic mass is 9.49. The summed E-state index contributed by atoms with van der Waals surface area (Å²) in [5, 5.41) is 7.83. The Morgan fingerprint density at radius 1 is 1.00 bits per heavy atom. The summed E-state index contributed by atoms with van der Waals surface area (Å²) in [7, 11) is 1.69. The van der Waals surface area contributed by atoms with Crippen molar-refractivity contribution in [2.24, 2.45) is 23.2 Å². The second kappa shape index (κ2) is 8.92. The standard InChI is InChI=1S/C23H32N4O2S/c1-27(22(30)25-14-16-5-3-2-4-6-16)26-21(29)15-24-20(28)13-23-10-17-7-18(11-23)9-19(8-17)12-23/h2-6,17-19H,7-15H2,1H3,(H,24,28)(H,25,30)(H,26,29). The third-order valence-corrected chi connectivity index (χ3v) is 7.45. The van der Waals surface area contributed by atoms with Crippen LogP contribution in [0.1, 0.15) is 50.5 Å². The molecule has 162 valence electrons. The van der Waals surface area contributed by atoms with Gasteiger partial charge in [0.2, 0.25) is 5.91 Å². The van der Waals surface area contributed by atoms with Crippen LogP contribution in [0.25, 0.3) is 0 Å². The lowest BCUT2D eigenvalue weighted by Crippen LogP contribution is -2.51. The Morgan fingerprint density at radius 3 is 2.20 bits per heavy atom. The summed E-state index contributed by atoms with van der Waals surface area (Å²) in [6, 6.07) is 9.92. The summed E-state index contributed by atoms with van der Waals surface area (Å²) in [6.07, 6.45) is 8.26. The first-order valence-electron chi connectivity index (χ1n) is 11.0. The number of carbonyl (C=O) groups excluding carboxylic acids is 2. The van der Waals surface area contributed by atoms with Crippen LogP contribution in [0.5, 0.6) is 0 Å². The fourth-order valence-electron chi connectivity index (χ4n) is 6.26. The number of hydrogen-bond donors (Lipinski definition) is 3. The van der Waals surface area contributed by atoms with E-state index in [1.165, 1.54) is 43.5 Å². The van der Waals surface area contributed by atoms with Gasteiger partial charge in [0, 0.05) is 20.0 Å². The zero-order valence-corrected chi connectivity index (χ0v) is 18.5. The summed E-state index contributed by atoms with van der Waals surface area (Å²) in [6.45, 7) is 0.554. The summed E-state index contributed by atoms with van der Waals surface area (Å²) in [5.41, 5.74) is 4.00. The highest BCUT2D eigenvalue weighted by atomic mass is 32.1. The van der Waals surface area contributed by atoms with Crippen LogP contribution in [0.2, 0.25) is 0 Å². The molecule has 4 bridgehead atoms. The first-order chi connectivity index (χ1) is 14.4.